The molecule has 64 valence electrons. The van der Waals surface area contributed by atoms with E-state index in [0.29, 0.717) is 12.1 Å². The summed E-state index contributed by atoms with van der Waals surface area (Å²) in [7, 11) is 0. The van der Waals surface area contributed by atoms with E-state index >= 15 is 0 Å². The largest absolute Gasteiger partial charge is 0.378 e. The highest BCUT2D eigenvalue weighted by atomic mass is 16.5. The smallest absolute Gasteiger partial charge is 0.0623 e. The van der Waals surface area contributed by atoms with Crippen molar-refractivity contribution in [1.82, 2.24) is 4.90 Å². The number of piperidine rings is 1. The number of fused-ring (bicyclic) bond motifs is 1. The van der Waals surface area contributed by atoms with Gasteiger partial charge in [-0.25, -0.2) is 0 Å². The average Bonchev–Trinajstić information content (AvgIpc) is 2.04. The molecule has 3 nitrogen and oxygen atoms in total. The van der Waals surface area contributed by atoms with Crippen molar-refractivity contribution in [2.45, 2.75) is 24.9 Å². The van der Waals surface area contributed by atoms with Crippen molar-refractivity contribution in [2.24, 2.45) is 5.73 Å². The van der Waals surface area contributed by atoms with Crippen LogP contribution in [0.5, 0.6) is 0 Å². The second kappa shape index (κ2) is 3.09. The van der Waals surface area contributed by atoms with Crippen molar-refractivity contribution < 1.29 is 4.74 Å². The molecule has 0 aromatic heterocycles. The van der Waals surface area contributed by atoms with Gasteiger partial charge in [-0.3, -0.25) is 4.90 Å². The fourth-order valence-corrected chi connectivity index (χ4v) is 2.00. The summed E-state index contributed by atoms with van der Waals surface area (Å²) in [6, 6.07) is 1.03. The topological polar surface area (TPSA) is 38.5 Å². The monoisotopic (exact) mass is 156 g/mol. The second-order valence-electron chi connectivity index (χ2n) is 3.55. The van der Waals surface area contributed by atoms with Gasteiger partial charge >= 0.3 is 0 Å². The first-order chi connectivity index (χ1) is 5.36. The molecule has 2 rings (SSSR count). The average molecular weight is 156 g/mol. The molecule has 0 unspecified atom stereocenters. The van der Waals surface area contributed by atoms with Crippen LogP contribution in [-0.2, 0) is 4.74 Å². The van der Waals surface area contributed by atoms with Gasteiger partial charge in [0.15, 0.2) is 0 Å². The molecule has 3 heteroatoms. The van der Waals surface area contributed by atoms with Crippen LogP contribution in [0.3, 0.4) is 0 Å². The molecule has 0 saturated carbocycles. The zero-order valence-electron chi connectivity index (χ0n) is 6.83. The Labute approximate surface area is 67.5 Å². The van der Waals surface area contributed by atoms with Gasteiger partial charge in [0.2, 0.25) is 0 Å². The molecular formula is C8H16N2O. The number of nitrogens with zero attached hydrogens (tertiary/aromatic N) is 1. The molecule has 0 spiro atoms. The molecule has 0 amide bonds. The Kier molecular flexibility index (Phi) is 2.11. The first kappa shape index (κ1) is 7.53. The fraction of sp³-hybridized carbons (Fsp3) is 1.00. The van der Waals surface area contributed by atoms with Crippen LogP contribution in [0.1, 0.15) is 12.8 Å². The van der Waals surface area contributed by atoms with E-state index in [1.165, 1.54) is 6.54 Å². The predicted molar refractivity (Wildman–Crippen MR) is 43.4 cm³/mol. The van der Waals surface area contributed by atoms with Crippen LogP contribution in [0.25, 0.3) is 0 Å². The van der Waals surface area contributed by atoms with Gasteiger partial charge in [-0.2, -0.15) is 0 Å². The van der Waals surface area contributed by atoms with E-state index in [9.17, 15) is 0 Å². The van der Waals surface area contributed by atoms with Crippen molar-refractivity contribution in [1.29, 1.82) is 0 Å². The van der Waals surface area contributed by atoms with Gasteiger partial charge < -0.3 is 10.5 Å². The van der Waals surface area contributed by atoms with Crippen LogP contribution in [-0.4, -0.2) is 43.3 Å². The van der Waals surface area contributed by atoms with Gasteiger partial charge in [0.1, 0.15) is 0 Å². The summed E-state index contributed by atoms with van der Waals surface area (Å²) in [6.45, 7) is 4.09. The third kappa shape index (κ3) is 1.55. The SMILES string of the molecule is N[C@H]1CCN2CCOC[C@H]2C1. The summed E-state index contributed by atoms with van der Waals surface area (Å²) in [5, 5.41) is 0. The Morgan fingerprint density at radius 1 is 1.36 bits per heavy atom. The Hall–Kier alpha value is -0.120. The van der Waals surface area contributed by atoms with Crippen LogP contribution >= 0.6 is 0 Å². The number of rotatable bonds is 0. The van der Waals surface area contributed by atoms with Gasteiger partial charge in [0.25, 0.3) is 0 Å². The summed E-state index contributed by atoms with van der Waals surface area (Å²) in [5.41, 5.74) is 5.86. The Bertz CT molecular complexity index is 140. The van der Waals surface area contributed by atoms with Gasteiger partial charge in [0.05, 0.1) is 13.2 Å². The summed E-state index contributed by atoms with van der Waals surface area (Å²) in [4.78, 5) is 2.51. The first-order valence-electron chi connectivity index (χ1n) is 4.43. The van der Waals surface area contributed by atoms with Crippen molar-refractivity contribution in [3.63, 3.8) is 0 Å². The molecule has 2 saturated heterocycles. The highest BCUT2D eigenvalue weighted by Gasteiger charge is 2.28. The molecule has 2 fully saturated rings. The van der Waals surface area contributed by atoms with E-state index < -0.39 is 0 Å². The minimum absolute atomic E-state index is 0.415. The van der Waals surface area contributed by atoms with E-state index in [1.54, 1.807) is 0 Å². The molecule has 2 atom stereocenters. The first-order valence-corrected chi connectivity index (χ1v) is 4.43. The van der Waals surface area contributed by atoms with Crippen LogP contribution in [0.15, 0.2) is 0 Å². The summed E-state index contributed by atoms with van der Waals surface area (Å²) >= 11 is 0. The van der Waals surface area contributed by atoms with E-state index in [4.69, 9.17) is 10.5 Å². The van der Waals surface area contributed by atoms with Crippen LogP contribution in [0, 0.1) is 0 Å². The summed E-state index contributed by atoms with van der Waals surface area (Å²) < 4.78 is 5.39. The zero-order chi connectivity index (χ0) is 7.68. The molecule has 0 bridgehead atoms. The van der Waals surface area contributed by atoms with Crippen molar-refractivity contribution in [3.8, 4) is 0 Å². The van der Waals surface area contributed by atoms with Crippen LogP contribution in [0.2, 0.25) is 0 Å². The standard InChI is InChI=1S/C8H16N2O/c9-7-1-2-10-3-4-11-6-8(10)5-7/h7-8H,1-6,9H2/t7-,8+/m0/s1. The van der Waals surface area contributed by atoms with Crippen molar-refractivity contribution in [3.05, 3.63) is 0 Å². The fourth-order valence-electron chi connectivity index (χ4n) is 2.00. The molecule has 2 N–H and O–H groups in total. The van der Waals surface area contributed by atoms with Gasteiger partial charge in [-0.15, -0.1) is 0 Å². The van der Waals surface area contributed by atoms with Gasteiger partial charge in [0, 0.05) is 25.2 Å². The van der Waals surface area contributed by atoms with Crippen molar-refractivity contribution >= 4 is 0 Å². The Balaban J connectivity index is 1.93. The lowest BCUT2D eigenvalue weighted by Gasteiger charge is -2.41. The normalized spacial score (nSPS) is 40.1. The lowest BCUT2D eigenvalue weighted by atomic mass is 9.98. The molecule has 0 aromatic rings. The number of hydrogen-bond donors (Lipinski definition) is 1. The van der Waals surface area contributed by atoms with E-state index in [2.05, 4.69) is 4.90 Å². The molecule has 2 heterocycles. The molecule has 2 aliphatic heterocycles. The number of nitrogens with two attached hydrogens (primary N) is 1. The lowest BCUT2D eigenvalue weighted by Crippen LogP contribution is -2.52. The van der Waals surface area contributed by atoms with Gasteiger partial charge in [-0.1, -0.05) is 0 Å². The number of morpholine rings is 1. The van der Waals surface area contributed by atoms with E-state index in [-0.39, 0.29) is 0 Å². The predicted octanol–water partition coefficient (Wildman–Crippen LogP) is -0.192. The van der Waals surface area contributed by atoms with Crippen LogP contribution in [0.4, 0.5) is 0 Å². The van der Waals surface area contributed by atoms with E-state index in [1.807, 2.05) is 0 Å². The number of ether oxygens (including phenoxy) is 1. The third-order valence-electron chi connectivity index (χ3n) is 2.71. The van der Waals surface area contributed by atoms with Crippen molar-refractivity contribution in [2.75, 3.05) is 26.3 Å². The highest BCUT2D eigenvalue weighted by Crippen LogP contribution is 2.18. The molecule has 11 heavy (non-hydrogen) atoms. The minimum Gasteiger partial charge on any atom is -0.378 e. The minimum atomic E-state index is 0.415. The Morgan fingerprint density at radius 3 is 3.18 bits per heavy atom. The van der Waals surface area contributed by atoms with Crippen LogP contribution < -0.4 is 5.73 Å². The molecule has 2 aliphatic rings. The quantitative estimate of drug-likeness (QED) is 0.528. The number of hydrogen-bond acceptors (Lipinski definition) is 3. The highest BCUT2D eigenvalue weighted by molar-refractivity contribution is 4.85. The zero-order valence-corrected chi connectivity index (χ0v) is 6.83. The molecule has 0 aromatic carbocycles. The summed E-state index contributed by atoms with van der Waals surface area (Å²) in [6.07, 6.45) is 2.29. The Morgan fingerprint density at radius 2 is 2.27 bits per heavy atom. The maximum absolute atomic E-state index is 5.86. The lowest BCUT2D eigenvalue weighted by molar-refractivity contribution is -0.0268. The van der Waals surface area contributed by atoms with Gasteiger partial charge in [-0.05, 0) is 12.8 Å². The second-order valence-corrected chi connectivity index (χ2v) is 3.55. The molecule has 0 radical (unpaired) electrons. The van der Waals surface area contributed by atoms with E-state index in [0.717, 1.165) is 32.6 Å². The molecule has 0 aliphatic carbocycles. The molecular weight excluding hydrogens is 140 g/mol. The maximum Gasteiger partial charge on any atom is 0.0623 e. The maximum atomic E-state index is 5.86. The summed E-state index contributed by atoms with van der Waals surface area (Å²) in [5.74, 6) is 0. The third-order valence-corrected chi connectivity index (χ3v) is 2.71.